The summed E-state index contributed by atoms with van der Waals surface area (Å²) in [5, 5.41) is 15.6. The van der Waals surface area contributed by atoms with Crippen molar-refractivity contribution in [3.63, 3.8) is 0 Å². The average molecular weight is 277 g/mol. The lowest BCUT2D eigenvalue weighted by atomic mass is 9.97. The fourth-order valence-corrected chi connectivity index (χ4v) is 2.58. The predicted molar refractivity (Wildman–Crippen MR) is 79.0 cm³/mol. The monoisotopic (exact) mass is 277 g/mol. The van der Waals surface area contributed by atoms with E-state index in [0.717, 1.165) is 25.0 Å². The van der Waals surface area contributed by atoms with Crippen LogP contribution in [-0.4, -0.2) is 36.3 Å². The number of nitrogens with one attached hydrogen (secondary N) is 1. The second-order valence-electron chi connectivity index (χ2n) is 5.24. The van der Waals surface area contributed by atoms with E-state index in [1.165, 1.54) is 0 Å². The highest BCUT2D eigenvalue weighted by molar-refractivity contribution is 5.87. The van der Waals surface area contributed by atoms with Crippen LogP contribution in [0.25, 0.3) is 0 Å². The van der Waals surface area contributed by atoms with Crippen LogP contribution in [0.4, 0.5) is 0 Å². The number of amidine groups is 1. The van der Waals surface area contributed by atoms with Gasteiger partial charge in [-0.3, -0.25) is 0 Å². The molecular formula is C15H23N3O2. The Morgan fingerprint density at radius 2 is 2.25 bits per heavy atom. The van der Waals surface area contributed by atoms with Gasteiger partial charge in [0.2, 0.25) is 0 Å². The maximum atomic E-state index is 8.95. The Morgan fingerprint density at radius 3 is 2.85 bits per heavy atom. The third kappa shape index (κ3) is 3.71. The molecule has 1 saturated heterocycles. The van der Waals surface area contributed by atoms with Crippen molar-refractivity contribution in [2.24, 2.45) is 10.9 Å². The summed E-state index contributed by atoms with van der Waals surface area (Å²) in [6, 6.07) is 10.1. The fourth-order valence-electron chi connectivity index (χ4n) is 2.58. The minimum absolute atomic E-state index is 0.134. The summed E-state index contributed by atoms with van der Waals surface area (Å²) in [5.74, 6) is 0.0910. The maximum absolute atomic E-state index is 8.95. The summed E-state index contributed by atoms with van der Waals surface area (Å²) >= 11 is 0. The van der Waals surface area contributed by atoms with Crippen molar-refractivity contribution in [2.75, 3.05) is 13.2 Å². The second kappa shape index (κ2) is 7.26. The normalized spacial score (nSPS) is 22.6. The predicted octanol–water partition coefficient (Wildman–Crippen LogP) is 1.67. The standard InChI is InChI=1S/C15H23N3O2/c1-11(14-8-5-9-20-14)17-10-13(15(16)18-19)12-6-3-2-4-7-12/h2-4,6-7,11,13-14,17,19H,5,8-10H2,1H3,(H2,16,18). The average Bonchev–Trinajstić information content (AvgIpc) is 3.02. The second-order valence-corrected chi connectivity index (χ2v) is 5.24. The van der Waals surface area contributed by atoms with Crippen LogP contribution in [0.2, 0.25) is 0 Å². The van der Waals surface area contributed by atoms with E-state index in [1.807, 2.05) is 30.3 Å². The molecule has 5 heteroatoms. The Kier molecular flexibility index (Phi) is 5.38. The Morgan fingerprint density at radius 1 is 1.50 bits per heavy atom. The molecule has 5 nitrogen and oxygen atoms in total. The van der Waals surface area contributed by atoms with E-state index in [2.05, 4.69) is 17.4 Å². The largest absolute Gasteiger partial charge is 0.409 e. The van der Waals surface area contributed by atoms with E-state index in [-0.39, 0.29) is 23.9 Å². The summed E-state index contributed by atoms with van der Waals surface area (Å²) in [7, 11) is 0. The molecule has 20 heavy (non-hydrogen) atoms. The van der Waals surface area contributed by atoms with Gasteiger partial charge in [0.05, 0.1) is 12.0 Å². The number of nitrogens with zero attached hydrogens (tertiary/aromatic N) is 1. The molecule has 1 aliphatic rings. The number of oxime groups is 1. The molecule has 1 aromatic rings. The molecule has 1 heterocycles. The van der Waals surface area contributed by atoms with E-state index in [0.29, 0.717) is 6.54 Å². The van der Waals surface area contributed by atoms with Gasteiger partial charge in [-0.1, -0.05) is 35.5 Å². The lowest BCUT2D eigenvalue weighted by Gasteiger charge is -2.23. The van der Waals surface area contributed by atoms with Crippen LogP contribution in [0.3, 0.4) is 0 Å². The minimum atomic E-state index is -0.134. The number of hydrogen-bond donors (Lipinski definition) is 3. The van der Waals surface area contributed by atoms with Crippen LogP contribution < -0.4 is 11.1 Å². The summed E-state index contributed by atoms with van der Waals surface area (Å²) < 4.78 is 5.67. The molecule has 3 atom stereocenters. The van der Waals surface area contributed by atoms with Crippen molar-refractivity contribution < 1.29 is 9.94 Å². The van der Waals surface area contributed by atoms with Gasteiger partial charge in [0.25, 0.3) is 0 Å². The summed E-state index contributed by atoms with van der Waals surface area (Å²) in [6.45, 7) is 3.59. The molecule has 1 aliphatic heterocycles. The molecule has 0 radical (unpaired) electrons. The highest BCUT2D eigenvalue weighted by atomic mass is 16.5. The molecular weight excluding hydrogens is 254 g/mol. The van der Waals surface area contributed by atoms with Gasteiger partial charge in [0.15, 0.2) is 0 Å². The van der Waals surface area contributed by atoms with Gasteiger partial charge >= 0.3 is 0 Å². The van der Waals surface area contributed by atoms with Crippen molar-refractivity contribution >= 4 is 5.84 Å². The van der Waals surface area contributed by atoms with Gasteiger partial charge in [0.1, 0.15) is 5.84 Å². The minimum Gasteiger partial charge on any atom is -0.409 e. The third-order valence-electron chi connectivity index (χ3n) is 3.84. The molecule has 0 saturated carbocycles. The van der Waals surface area contributed by atoms with Crippen LogP contribution >= 0.6 is 0 Å². The zero-order valence-corrected chi connectivity index (χ0v) is 11.8. The summed E-state index contributed by atoms with van der Waals surface area (Å²) in [6.07, 6.45) is 2.48. The Balaban J connectivity index is 1.98. The quantitative estimate of drug-likeness (QED) is 0.320. The molecule has 1 fully saturated rings. The maximum Gasteiger partial charge on any atom is 0.147 e. The molecule has 0 bridgehead atoms. The zero-order valence-electron chi connectivity index (χ0n) is 11.8. The lowest BCUT2D eigenvalue weighted by molar-refractivity contribution is 0.0837. The highest BCUT2D eigenvalue weighted by Crippen LogP contribution is 2.18. The van der Waals surface area contributed by atoms with Crippen molar-refractivity contribution in [2.45, 2.75) is 37.8 Å². The van der Waals surface area contributed by atoms with Gasteiger partial charge in [-0.25, -0.2) is 0 Å². The molecule has 2 rings (SSSR count). The summed E-state index contributed by atoms with van der Waals surface area (Å²) in [4.78, 5) is 0. The van der Waals surface area contributed by atoms with Crippen molar-refractivity contribution in [3.8, 4) is 0 Å². The van der Waals surface area contributed by atoms with Gasteiger partial charge in [-0.2, -0.15) is 0 Å². The molecule has 1 aromatic carbocycles. The molecule has 0 aliphatic carbocycles. The molecule has 0 spiro atoms. The van der Waals surface area contributed by atoms with Crippen molar-refractivity contribution in [1.29, 1.82) is 0 Å². The van der Waals surface area contributed by atoms with E-state index in [4.69, 9.17) is 15.7 Å². The first-order valence-electron chi connectivity index (χ1n) is 7.09. The number of ether oxygens (including phenoxy) is 1. The first kappa shape index (κ1) is 14.8. The van der Waals surface area contributed by atoms with E-state index in [1.54, 1.807) is 0 Å². The van der Waals surface area contributed by atoms with E-state index in [9.17, 15) is 0 Å². The molecule has 3 unspecified atom stereocenters. The van der Waals surface area contributed by atoms with Crippen LogP contribution in [0, 0.1) is 0 Å². The van der Waals surface area contributed by atoms with Gasteiger partial charge in [-0.05, 0) is 25.3 Å². The molecule has 4 N–H and O–H groups in total. The first-order valence-corrected chi connectivity index (χ1v) is 7.09. The van der Waals surface area contributed by atoms with Gasteiger partial charge in [-0.15, -0.1) is 0 Å². The first-order chi connectivity index (χ1) is 9.72. The SMILES string of the molecule is CC(NCC(C(N)=NO)c1ccccc1)C1CCCO1. The molecule has 0 aromatic heterocycles. The Hall–Kier alpha value is -1.59. The topological polar surface area (TPSA) is 79.9 Å². The molecule has 0 amide bonds. The van der Waals surface area contributed by atoms with Gasteiger partial charge < -0.3 is 21.0 Å². The Labute approximate surface area is 119 Å². The number of nitrogens with two attached hydrogens (primary N) is 1. The third-order valence-corrected chi connectivity index (χ3v) is 3.84. The zero-order chi connectivity index (χ0) is 14.4. The van der Waals surface area contributed by atoms with Crippen LogP contribution in [-0.2, 0) is 4.74 Å². The number of rotatable bonds is 6. The smallest absolute Gasteiger partial charge is 0.147 e. The van der Waals surface area contributed by atoms with Crippen molar-refractivity contribution in [1.82, 2.24) is 5.32 Å². The highest BCUT2D eigenvalue weighted by Gasteiger charge is 2.24. The van der Waals surface area contributed by atoms with Gasteiger partial charge in [0, 0.05) is 19.2 Å². The fraction of sp³-hybridized carbons (Fsp3) is 0.533. The van der Waals surface area contributed by atoms with E-state index < -0.39 is 0 Å². The molecule has 110 valence electrons. The number of hydrogen-bond acceptors (Lipinski definition) is 4. The van der Waals surface area contributed by atoms with Crippen LogP contribution in [0.1, 0.15) is 31.2 Å². The lowest BCUT2D eigenvalue weighted by Crippen LogP contribution is -2.41. The van der Waals surface area contributed by atoms with Crippen molar-refractivity contribution in [3.05, 3.63) is 35.9 Å². The van der Waals surface area contributed by atoms with Crippen LogP contribution in [0.15, 0.2) is 35.5 Å². The Bertz CT molecular complexity index is 430. The summed E-state index contributed by atoms with van der Waals surface area (Å²) in [5.41, 5.74) is 6.85. The van der Waals surface area contributed by atoms with Crippen LogP contribution in [0.5, 0.6) is 0 Å². The van der Waals surface area contributed by atoms with E-state index >= 15 is 0 Å². The number of benzene rings is 1.